The zero-order valence-corrected chi connectivity index (χ0v) is 54.2. The maximum Gasteiger partial charge on any atom is 0.334 e. The van der Waals surface area contributed by atoms with Crippen LogP contribution in [0.3, 0.4) is 0 Å². The van der Waals surface area contributed by atoms with Gasteiger partial charge in [0.1, 0.15) is 8.07 Å². The molecular formula is C80H84N4O6Si2. The highest BCUT2D eigenvalue weighted by molar-refractivity contribution is 7.05. The Hall–Kier alpha value is -9.57. The Bertz CT molecular complexity index is 3630. The summed E-state index contributed by atoms with van der Waals surface area (Å²) < 4.78 is 0. The van der Waals surface area contributed by atoms with E-state index in [0.29, 0.717) is 58.3 Å². The summed E-state index contributed by atoms with van der Waals surface area (Å²) in [7, 11) is -6.97. The minimum Gasteiger partial charge on any atom is -0.411 e. The number of hydrogen-bond acceptors (Lipinski definition) is 6. The number of rotatable bonds is 30. The second-order valence-electron chi connectivity index (χ2n) is 23.8. The summed E-state index contributed by atoms with van der Waals surface area (Å²) in [6, 6.07) is 101. The topological polar surface area (TPSA) is 157 Å². The van der Waals surface area contributed by atoms with Crippen molar-refractivity contribution in [1.29, 1.82) is 0 Å². The third-order valence-corrected chi connectivity index (χ3v) is 24.9. The summed E-state index contributed by atoms with van der Waals surface area (Å²) in [4.78, 5) is 78.7. The maximum atomic E-state index is 14.9. The molecular weight excluding hydrogens is 1170 g/mol. The highest BCUT2D eigenvalue weighted by Crippen LogP contribution is 2.35. The molecule has 0 aliphatic heterocycles. The Morgan fingerprint density at radius 1 is 0.283 bits per heavy atom. The summed E-state index contributed by atoms with van der Waals surface area (Å²) in [5.74, 6) is -1.94. The molecule has 0 bridgehead atoms. The van der Waals surface area contributed by atoms with Gasteiger partial charge >= 0.3 is 8.56 Å². The van der Waals surface area contributed by atoms with Crippen LogP contribution >= 0.6 is 0 Å². The molecule has 10 nitrogen and oxygen atoms in total. The number of carbonyl (C=O) groups excluding carboxylic acids is 4. The smallest absolute Gasteiger partial charge is 0.334 e. The molecule has 0 radical (unpaired) electrons. The van der Waals surface area contributed by atoms with Gasteiger partial charge in [0.25, 0.3) is 0 Å². The minimum atomic E-state index is -4.00. The molecule has 10 aromatic rings. The van der Waals surface area contributed by atoms with E-state index in [1.54, 1.807) is 0 Å². The van der Waals surface area contributed by atoms with Gasteiger partial charge in [-0.25, -0.2) is 0 Å². The SMILES string of the molecule is O=C(NCc1ccccc1)C(Cc1ccccc1)C[Si](O)(O)C[C@@H](Cc1ccccc1)C(=O)NCc1ccccc1.O=C(NCc1ccccc1)[C@@H](CC[Si](c1ccccc1)(c1ccccc1)[C@@H](Cc1ccccc1)C(=O)NCc1ccccc1)Cc1ccccc1. The van der Waals surface area contributed by atoms with Gasteiger partial charge in [0.15, 0.2) is 0 Å². The van der Waals surface area contributed by atoms with Crippen molar-refractivity contribution < 1.29 is 28.8 Å². The lowest BCUT2D eigenvalue weighted by atomic mass is 9.96. The molecule has 10 aromatic carbocycles. The van der Waals surface area contributed by atoms with Gasteiger partial charge < -0.3 is 30.9 Å². The quantitative estimate of drug-likeness (QED) is 0.0246. The van der Waals surface area contributed by atoms with E-state index in [-0.39, 0.29) is 47.2 Å². The summed E-state index contributed by atoms with van der Waals surface area (Å²) in [6.07, 6.45) is 2.62. The number of nitrogens with one attached hydrogen (secondary N) is 4. The molecule has 0 fully saturated rings. The van der Waals surface area contributed by atoms with Gasteiger partial charge in [-0.05, 0) is 82.7 Å². The number of carbonyl (C=O) groups is 4. The molecule has 6 N–H and O–H groups in total. The van der Waals surface area contributed by atoms with E-state index < -0.39 is 28.5 Å². The molecule has 0 saturated heterocycles. The third-order valence-electron chi connectivity index (χ3n) is 17.1. The van der Waals surface area contributed by atoms with Gasteiger partial charge in [0.2, 0.25) is 23.6 Å². The van der Waals surface area contributed by atoms with E-state index in [2.05, 4.69) is 106 Å². The van der Waals surface area contributed by atoms with Gasteiger partial charge in [-0.15, -0.1) is 0 Å². The molecule has 0 aliphatic rings. The van der Waals surface area contributed by atoms with Gasteiger partial charge in [-0.1, -0.05) is 314 Å². The van der Waals surface area contributed by atoms with Crippen LogP contribution in [-0.4, -0.2) is 49.9 Å². The molecule has 0 aromatic heterocycles. The van der Waals surface area contributed by atoms with Crippen molar-refractivity contribution in [3.8, 4) is 0 Å². The van der Waals surface area contributed by atoms with Crippen LogP contribution in [0.25, 0.3) is 0 Å². The van der Waals surface area contributed by atoms with E-state index >= 15 is 0 Å². The van der Waals surface area contributed by atoms with Crippen molar-refractivity contribution in [1.82, 2.24) is 21.3 Å². The number of amides is 4. The lowest BCUT2D eigenvalue weighted by molar-refractivity contribution is -0.126. The Labute approximate surface area is 545 Å². The zero-order valence-electron chi connectivity index (χ0n) is 52.2. The van der Waals surface area contributed by atoms with E-state index in [1.165, 1.54) is 10.4 Å². The second-order valence-corrected chi connectivity index (χ2v) is 30.9. The first kappa shape index (κ1) is 66.8. The van der Waals surface area contributed by atoms with Crippen molar-refractivity contribution in [3.05, 3.63) is 348 Å². The van der Waals surface area contributed by atoms with E-state index in [0.717, 1.165) is 50.6 Å². The fraction of sp³-hybridized carbons (Fsp3) is 0.200. The summed E-state index contributed by atoms with van der Waals surface area (Å²) >= 11 is 0. The van der Waals surface area contributed by atoms with Gasteiger partial charge in [-0.2, -0.15) is 0 Å². The van der Waals surface area contributed by atoms with E-state index in [9.17, 15) is 28.8 Å². The Morgan fingerprint density at radius 3 is 0.804 bits per heavy atom. The average Bonchev–Trinajstić information content (AvgIpc) is 0.769. The summed E-state index contributed by atoms with van der Waals surface area (Å²) in [5, 5.41) is 15.0. The number of benzene rings is 10. The standard InChI is InChI=1S/C46H46N2O2Si.C34H38N2O4Si/c49-45(47-35-39-23-11-3-12-24-39)41(33-37-19-7-1-8-20-37)31-32-51(42-27-15-5-16-28-42,43-29-17-6-18-30-43)44(34-38-21-9-2-10-22-38)46(50)48-36-40-25-13-4-14-26-40;37-33(35-23-29-17-9-3-10-18-29)31(21-27-13-5-1-6-14-27)25-41(39,40)26-32(22-28-15-7-2-8-16-28)34(38)36-24-30-19-11-4-12-20-30/h1-30,41,44H,31-36H2,(H,47,49)(H,48,50);1-20,31-32,39-40H,21-26H2,(H,35,37)(H,36,38)/t41-,44-;31-,32?/m01/s1. The first-order chi connectivity index (χ1) is 45.0. The van der Waals surface area contributed by atoms with Crippen LogP contribution in [0.2, 0.25) is 23.7 Å². The molecule has 0 aliphatic carbocycles. The lowest BCUT2D eigenvalue weighted by Crippen LogP contribution is -2.65. The fourth-order valence-corrected chi connectivity index (χ4v) is 20.3. The summed E-state index contributed by atoms with van der Waals surface area (Å²) in [5.41, 5.74) is 7.87. The van der Waals surface area contributed by atoms with Crippen molar-refractivity contribution in [2.24, 2.45) is 17.8 Å². The van der Waals surface area contributed by atoms with E-state index in [4.69, 9.17) is 0 Å². The van der Waals surface area contributed by atoms with Crippen LogP contribution in [0.5, 0.6) is 0 Å². The van der Waals surface area contributed by atoms with Crippen molar-refractivity contribution >= 4 is 50.6 Å². The van der Waals surface area contributed by atoms with E-state index in [1.807, 2.05) is 218 Å². The average molecular weight is 1250 g/mol. The molecule has 0 heterocycles. The van der Waals surface area contributed by atoms with Gasteiger partial charge in [0.05, 0.1) is 0 Å². The Balaban J connectivity index is 0.000000223. The third kappa shape index (κ3) is 20.7. The minimum absolute atomic E-state index is 0.0415. The molecule has 1 unspecified atom stereocenters. The van der Waals surface area contributed by atoms with Crippen LogP contribution in [0.15, 0.2) is 303 Å². The first-order valence-corrected chi connectivity index (χ1v) is 36.6. The van der Waals surface area contributed by atoms with Crippen molar-refractivity contribution in [3.63, 3.8) is 0 Å². The predicted octanol–water partition coefficient (Wildman–Crippen LogP) is 12.5. The largest absolute Gasteiger partial charge is 0.411 e. The lowest BCUT2D eigenvalue weighted by Gasteiger charge is -2.40. The molecule has 468 valence electrons. The molecule has 0 spiro atoms. The monoisotopic (exact) mass is 1250 g/mol. The number of hydrogen-bond donors (Lipinski definition) is 6. The molecule has 12 heteroatoms. The normalized spacial score (nSPS) is 12.5. The molecule has 0 saturated carbocycles. The Kier molecular flexibility index (Phi) is 25.5. The van der Waals surface area contributed by atoms with Crippen molar-refractivity contribution in [2.45, 2.75) is 82.0 Å². The highest BCUT2D eigenvalue weighted by Gasteiger charge is 2.48. The first-order valence-electron chi connectivity index (χ1n) is 32.0. The van der Waals surface area contributed by atoms with Crippen LogP contribution in [0, 0.1) is 17.8 Å². The van der Waals surface area contributed by atoms with Crippen LogP contribution in [0.1, 0.15) is 50.9 Å². The van der Waals surface area contributed by atoms with Crippen LogP contribution in [-0.2, 0) is 71.0 Å². The van der Waals surface area contributed by atoms with Gasteiger partial charge in [0, 0.05) is 61.6 Å². The maximum absolute atomic E-state index is 14.9. The zero-order chi connectivity index (χ0) is 64.1. The highest BCUT2D eigenvalue weighted by atomic mass is 28.4. The predicted molar refractivity (Wildman–Crippen MR) is 375 cm³/mol. The Morgan fingerprint density at radius 2 is 0.511 bits per heavy atom. The van der Waals surface area contributed by atoms with Gasteiger partial charge in [-0.3, -0.25) is 19.2 Å². The second kappa shape index (κ2) is 35.1. The van der Waals surface area contributed by atoms with Crippen LogP contribution in [0.4, 0.5) is 0 Å². The molecule has 4 amide bonds. The molecule has 4 atom stereocenters. The molecule has 92 heavy (non-hydrogen) atoms. The van der Waals surface area contributed by atoms with Crippen LogP contribution < -0.4 is 31.6 Å². The van der Waals surface area contributed by atoms with Crippen molar-refractivity contribution in [2.75, 3.05) is 0 Å². The molecule has 10 rings (SSSR count). The summed E-state index contributed by atoms with van der Waals surface area (Å²) in [6.45, 7) is 1.64. The fourth-order valence-electron chi connectivity index (χ4n) is 12.4.